The van der Waals surface area contributed by atoms with Crippen molar-refractivity contribution in [3.05, 3.63) is 118 Å². The van der Waals surface area contributed by atoms with E-state index in [9.17, 15) is 52.7 Å². The first kappa shape index (κ1) is 33.9. The summed E-state index contributed by atoms with van der Waals surface area (Å²) < 4.78 is 176. The van der Waals surface area contributed by atoms with Crippen LogP contribution in [0.4, 0.5) is 52.7 Å². The van der Waals surface area contributed by atoms with E-state index in [2.05, 4.69) is 14.1 Å². The van der Waals surface area contributed by atoms with E-state index in [1.807, 2.05) is 0 Å². The maximum absolute atomic E-state index is 14.4. The summed E-state index contributed by atoms with van der Waals surface area (Å²) in [7, 11) is 4.48. The molecule has 1 heterocycles. The van der Waals surface area contributed by atoms with Gasteiger partial charge in [0.2, 0.25) is 0 Å². The summed E-state index contributed by atoms with van der Waals surface area (Å²) in [6.45, 7) is 4.21. The maximum atomic E-state index is 14.4. The average molecular weight is 651 g/mol. The minimum absolute atomic E-state index is 0.177. The van der Waals surface area contributed by atoms with Crippen molar-refractivity contribution in [2.24, 2.45) is 0 Å². The largest absolute Gasteiger partial charge is 0.370 e. The molecule has 0 N–H and O–H groups in total. The van der Waals surface area contributed by atoms with Crippen molar-refractivity contribution in [2.75, 3.05) is 40.4 Å². The Labute approximate surface area is 249 Å². The zero-order chi connectivity index (χ0) is 33.4. The number of benzene rings is 4. The zero-order valence-electron chi connectivity index (χ0n) is 23.4. The first-order valence-corrected chi connectivity index (χ1v) is 13.1. The number of nitrogens with zero attached hydrogens (tertiary/aromatic N) is 1. The fourth-order valence-electron chi connectivity index (χ4n) is 5.29. The summed E-state index contributed by atoms with van der Waals surface area (Å²) in [5.74, 6) is -24.0. The first-order valence-electron chi connectivity index (χ1n) is 13.1. The van der Waals surface area contributed by atoms with Gasteiger partial charge in [-0.1, -0.05) is 48.5 Å². The van der Waals surface area contributed by atoms with Crippen molar-refractivity contribution in [1.82, 2.24) is 0 Å². The van der Waals surface area contributed by atoms with E-state index in [0.29, 0.717) is 0 Å². The Morgan fingerprint density at radius 2 is 0.622 bits per heavy atom. The van der Waals surface area contributed by atoms with Crippen molar-refractivity contribution in [2.45, 2.75) is 0 Å². The Bertz CT molecular complexity index is 1430. The summed E-state index contributed by atoms with van der Waals surface area (Å²) in [5.41, 5.74) is -3.79. The van der Waals surface area contributed by atoms with E-state index in [-0.39, 0.29) is 48.5 Å². The molecule has 0 atom stereocenters. The molecule has 0 spiro atoms. The van der Waals surface area contributed by atoms with E-state index >= 15 is 0 Å². The lowest BCUT2D eigenvalue weighted by Gasteiger charge is -2.44. The Balaban J connectivity index is 0.000000501. The first-order chi connectivity index (χ1) is 21.0. The molecule has 0 bridgehead atoms. The van der Waals surface area contributed by atoms with Gasteiger partial charge in [0.1, 0.15) is 19.2 Å². The molecule has 45 heavy (non-hydrogen) atoms. The fraction of sp³-hybridized carbons (Fsp3) is 0.200. The molecule has 4 aromatic carbocycles. The van der Waals surface area contributed by atoms with Gasteiger partial charge in [0, 0.05) is 0 Å². The molecule has 0 aliphatic carbocycles. The molecule has 5 rings (SSSR count). The highest BCUT2D eigenvalue weighted by Gasteiger charge is 2.37. The average Bonchev–Trinajstić information content (AvgIpc) is 2.96. The van der Waals surface area contributed by atoms with Crippen molar-refractivity contribution in [3.63, 3.8) is 0 Å². The Morgan fingerprint density at radius 3 is 0.778 bits per heavy atom. The smallest absolute Gasteiger partial charge is 0.194 e. The summed E-state index contributed by atoms with van der Waals surface area (Å²) in [6.07, 6.45) is -4.01. The summed E-state index contributed by atoms with van der Waals surface area (Å²) >= 11 is 0. The van der Waals surface area contributed by atoms with Gasteiger partial charge < -0.3 is 9.22 Å². The van der Waals surface area contributed by atoms with Crippen LogP contribution in [0.5, 0.6) is 0 Å². The number of hydrogen-bond donors (Lipinski definition) is 0. The zero-order valence-corrected chi connectivity index (χ0v) is 23.4. The molecule has 1 fully saturated rings. The van der Waals surface area contributed by atoms with Gasteiger partial charge in [0.05, 0.1) is 27.3 Å². The lowest BCUT2D eigenvalue weighted by atomic mass is 9.13. The molecule has 0 radical (unpaired) electrons. The molecule has 0 aromatic heterocycles. The van der Waals surface area contributed by atoms with E-state index in [4.69, 9.17) is 4.74 Å². The molecule has 0 amide bonds. The van der Waals surface area contributed by atoms with Crippen LogP contribution in [0.3, 0.4) is 0 Å². The fourth-order valence-corrected chi connectivity index (χ4v) is 5.29. The summed E-state index contributed by atoms with van der Waals surface area (Å²) in [6, 6.07) is 1.41. The Kier molecular flexibility index (Phi) is 9.64. The number of ether oxygens (including phenoxy) is 1. The minimum Gasteiger partial charge on any atom is -0.370 e. The van der Waals surface area contributed by atoms with Gasteiger partial charge in [-0.15, -0.1) is 0 Å². The quantitative estimate of drug-likeness (QED) is 0.133. The second-order valence-corrected chi connectivity index (χ2v) is 11.1. The van der Waals surface area contributed by atoms with Gasteiger partial charge >= 0.3 is 0 Å². The molecular weight excluding hydrogens is 629 g/mol. The van der Waals surface area contributed by atoms with Crippen LogP contribution in [0.25, 0.3) is 0 Å². The third-order valence-corrected chi connectivity index (χ3v) is 7.71. The standard InChI is InChI=1S/C24H8BF12.C6H14NO/c26-13-1-9(2-14(27)21(13)34)25(10-3-15(28)22(35)16(29)4-10,11-5-17(30)23(36)18(31)6-11)12-7-19(32)24(37)20(33)8-12;1-7(2)3-5-8-6-4-7/h1-8H;3-6H2,1-2H3/q-1;+1. The van der Waals surface area contributed by atoms with E-state index < -0.39 is 97.8 Å². The molecule has 0 saturated carbocycles. The van der Waals surface area contributed by atoms with Crippen LogP contribution in [-0.4, -0.2) is 51.0 Å². The summed E-state index contributed by atoms with van der Waals surface area (Å²) in [4.78, 5) is 0. The van der Waals surface area contributed by atoms with Crippen molar-refractivity contribution in [1.29, 1.82) is 0 Å². The number of halogens is 12. The summed E-state index contributed by atoms with van der Waals surface area (Å²) in [5, 5.41) is 0. The molecule has 240 valence electrons. The van der Waals surface area contributed by atoms with Gasteiger partial charge in [-0.2, -0.15) is 21.9 Å². The molecule has 2 nitrogen and oxygen atoms in total. The molecule has 1 aliphatic rings. The SMILES string of the molecule is C[N+]1(C)CCOCC1.Fc1cc([B-](c2cc(F)c(F)c(F)c2)(c2cc(F)c(F)c(F)c2)c2cc(F)c(F)c(F)c2)cc(F)c1F. The van der Waals surface area contributed by atoms with Crippen molar-refractivity contribution < 1.29 is 61.9 Å². The Morgan fingerprint density at radius 1 is 0.422 bits per heavy atom. The van der Waals surface area contributed by atoms with Gasteiger partial charge in [-0.05, 0) is 0 Å². The van der Waals surface area contributed by atoms with Crippen LogP contribution in [0.15, 0.2) is 48.5 Å². The van der Waals surface area contributed by atoms with Gasteiger partial charge in [-0.3, -0.25) is 0 Å². The second kappa shape index (κ2) is 12.8. The van der Waals surface area contributed by atoms with Crippen LogP contribution in [0, 0.1) is 69.8 Å². The molecular formula is C30H22BF12NO. The molecule has 0 unspecified atom stereocenters. The molecule has 15 heteroatoms. The molecule has 1 aliphatic heterocycles. The van der Waals surface area contributed by atoms with E-state index in [1.54, 1.807) is 0 Å². The van der Waals surface area contributed by atoms with Gasteiger partial charge in [0.25, 0.3) is 0 Å². The maximum Gasteiger partial charge on any atom is 0.194 e. The lowest BCUT2D eigenvalue weighted by Crippen LogP contribution is -2.75. The van der Waals surface area contributed by atoms with Crippen LogP contribution >= 0.6 is 0 Å². The Hall–Kier alpha value is -3.98. The number of rotatable bonds is 4. The highest BCUT2D eigenvalue weighted by molar-refractivity contribution is 7.19. The monoisotopic (exact) mass is 651 g/mol. The number of quaternary nitrogens is 1. The predicted octanol–water partition coefficient (Wildman–Crippen LogP) is 4.83. The number of morpholine rings is 1. The third-order valence-electron chi connectivity index (χ3n) is 7.71. The highest BCUT2D eigenvalue weighted by Crippen LogP contribution is 2.21. The van der Waals surface area contributed by atoms with Crippen LogP contribution in [0.1, 0.15) is 0 Å². The van der Waals surface area contributed by atoms with Gasteiger partial charge in [-0.25, -0.2) is 52.7 Å². The number of hydrogen-bond acceptors (Lipinski definition) is 1. The van der Waals surface area contributed by atoms with Crippen LogP contribution < -0.4 is 21.9 Å². The minimum atomic E-state index is -4.01. The normalized spacial score (nSPS) is 14.6. The third kappa shape index (κ3) is 6.55. The van der Waals surface area contributed by atoms with Crippen LogP contribution in [0.2, 0.25) is 0 Å². The van der Waals surface area contributed by atoms with E-state index in [0.717, 1.165) is 17.7 Å². The second-order valence-electron chi connectivity index (χ2n) is 11.1. The molecule has 4 aromatic rings. The van der Waals surface area contributed by atoms with Gasteiger partial charge in [0.15, 0.2) is 69.8 Å². The number of likely N-dealkylation sites (N-methyl/N-ethyl adjacent to an activating group) is 1. The topological polar surface area (TPSA) is 9.23 Å². The van der Waals surface area contributed by atoms with E-state index in [1.165, 1.54) is 13.1 Å². The van der Waals surface area contributed by atoms with Crippen molar-refractivity contribution >= 4 is 28.0 Å². The highest BCUT2D eigenvalue weighted by atomic mass is 19.2. The lowest BCUT2D eigenvalue weighted by molar-refractivity contribution is -0.898. The van der Waals surface area contributed by atoms with Crippen LogP contribution in [-0.2, 0) is 4.74 Å². The predicted molar refractivity (Wildman–Crippen MR) is 142 cm³/mol. The molecule has 1 saturated heterocycles. The van der Waals surface area contributed by atoms with Crippen molar-refractivity contribution in [3.8, 4) is 0 Å².